The fourth-order valence-corrected chi connectivity index (χ4v) is 2.75. The highest BCUT2D eigenvalue weighted by atomic mass is 79.9. The first-order chi connectivity index (χ1) is 9.17. The van der Waals surface area contributed by atoms with Crippen molar-refractivity contribution in [3.8, 4) is 0 Å². The van der Waals surface area contributed by atoms with E-state index in [1.807, 2.05) is 16.9 Å². The maximum absolute atomic E-state index is 5.88. The summed E-state index contributed by atoms with van der Waals surface area (Å²) >= 11 is 9.44. The Labute approximate surface area is 126 Å². The summed E-state index contributed by atoms with van der Waals surface area (Å²) in [6.07, 6.45) is 2.85. The molecule has 0 aliphatic rings. The standard InChI is InChI=1S/C13H17BrClN3O/c1-3-7-18-13(9(14)8-17-18)12(16-4-2)10-5-6-11(15)19-10/h5-6,8,12,16H,3-4,7H2,1-2H3. The third-order valence-corrected chi connectivity index (χ3v) is 3.64. The summed E-state index contributed by atoms with van der Waals surface area (Å²) in [7, 11) is 0. The van der Waals surface area contributed by atoms with Crippen LogP contribution in [0.2, 0.25) is 5.22 Å². The van der Waals surface area contributed by atoms with E-state index in [2.05, 4.69) is 40.2 Å². The molecule has 6 heteroatoms. The van der Waals surface area contributed by atoms with Crippen LogP contribution in [0.5, 0.6) is 0 Å². The van der Waals surface area contributed by atoms with Crippen molar-refractivity contribution in [2.45, 2.75) is 32.9 Å². The Morgan fingerprint density at radius 3 is 2.84 bits per heavy atom. The Kier molecular flexibility index (Phi) is 5.07. The third-order valence-electron chi connectivity index (χ3n) is 2.83. The highest BCUT2D eigenvalue weighted by Gasteiger charge is 2.23. The highest BCUT2D eigenvalue weighted by Crippen LogP contribution is 2.30. The van der Waals surface area contributed by atoms with Crippen molar-refractivity contribution >= 4 is 27.5 Å². The summed E-state index contributed by atoms with van der Waals surface area (Å²) in [6.45, 7) is 5.89. The zero-order valence-corrected chi connectivity index (χ0v) is 13.3. The van der Waals surface area contributed by atoms with Gasteiger partial charge in [-0.2, -0.15) is 5.10 Å². The van der Waals surface area contributed by atoms with Gasteiger partial charge in [-0.25, -0.2) is 0 Å². The van der Waals surface area contributed by atoms with Crippen molar-refractivity contribution < 1.29 is 4.42 Å². The van der Waals surface area contributed by atoms with Gasteiger partial charge in [-0.1, -0.05) is 13.8 Å². The monoisotopic (exact) mass is 345 g/mol. The van der Waals surface area contributed by atoms with Gasteiger partial charge in [0.15, 0.2) is 5.22 Å². The van der Waals surface area contributed by atoms with E-state index in [0.29, 0.717) is 5.22 Å². The van der Waals surface area contributed by atoms with Crippen LogP contribution in [-0.2, 0) is 6.54 Å². The number of aromatic nitrogens is 2. The molecule has 0 fully saturated rings. The number of nitrogens with zero attached hydrogens (tertiary/aromatic N) is 2. The number of aryl methyl sites for hydroxylation is 1. The molecule has 19 heavy (non-hydrogen) atoms. The van der Waals surface area contributed by atoms with Gasteiger partial charge in [0, 0.05) is 6.54 Å². The molecule has 0 aliphatic heterocycles. The number of hydrogen-bond acceptors (Lipinski definition) is 3. The van der Waals surface area contributed by atoms with E-state index in [9.17, 15) is 0 Å². The van der Waals surface area contributed by atoms with Crippen LogP contribution in [0.15, 0.2) is 27.2 Å². The van der Waals surface area contributed by atoms with Gasteiger partial charge >= 0.3 is 0 Å². The van der Waals surface area contributed by atoms with Gasteiger partial charge in [-0.15, -0.1) is 0 Å². The molecular formula is C13H17BrClN3O. The van der Waals surface area contributed by atoms with Crippen LogP contribution in [0.4, 0.5) is 0 Å². The van der Waals surface area contributed by atoms with Crippen molar-refractivity contribution in [2.75, 3.05) is 6.54 Å². The second-order valence-corrected chi connectivity index (χ2v) is 5.46. The van der Waals surface area contributed by atoms with Gasteiger partial charge in [-0.3, -0.25) is 4.68 Å². The number of rotatable bonds is 6. The first-order valence-electron chi connectivity index (χ1n) is 6.37. The quantitative estimate of drug-likeness (QED) is 0.859. The maximum atomic E-state index is 5.88. The van der Waals surface area contributed by atoms with Crippen molar-refractivity contribution in [3.05, 3.63) is 39.5 Å². The molecule has 1 atom stereocenters. The van der Waals surface area contributed by atoms with E-state index < -0.39 is 0 Å². The van der Waals surface area contributed by atoms with Gasteiger partial charge in [0.1, 0.15) is 11.8 Å². The topological polar surface area (TPSA) is 43.0 Å². The molecule has 104 valence electrons. The van der Waals surface area contributed by atoms with Gasteiger partial charge in [0.05, 0.1) is 16.4 Å². The zero-order valence-electron chi connectivity index (χ0n) is 11.0. The Morgan fingerprint density at radius 1 is 1.47 bits per heavy atom. The van der Waals surface area contributed by atoms with Crippen molar-refractivity contribution in [1.82, 2.24) is 15.1 Å². The number of hydrogen-bond donors (Lipinski definition) is 1. The number of nitrogens with one attached hydrogen (secondary N) is 1. The third kappa shape index (κ3) is 3.22. The Bertz CT molecular complexity index is 538. The largest absolute Gasteiger partial charge is 0.448 e. The smallest absolute Gasteiger partial charge is 0.193 e. The molecule has 0 aromatic carbocycles. The second kappa shape index (κ2) is 6.59. The molecule has 0 amide bonds. The summed E-state index contributed by atoms with van der Waals surface area (Å²) < 4.78 is 8.52. The molecule has 0 aliphatic carbocycles. The van der Waals surface area contributed by atoms with Crippen LogP contribution in [0.3, 0.4) is 0 Å². The van der Waals surface area contributed by atoms with Crippen molar-refractivity contribution in [1.29, 1.82) is 0 Å². The molecule has 4 nitrogen and oxygen atoms in total. The number of furan rings is 1. The molecule has 2 heterocycles. The fourth-order valence-electron chi connectivity index (χ4n) is 2.07. The van der Waals surface area contributed by atoms with Crippen LogP contribution in [0, 0.1) is 0 Å². The van der Waals surface area contributed by atoms with Gasteiger partial charge in [0.2, 0.25) is 0 Å². The van der Waals surface area contributed by atoms with E-state index in [0.717, 1.165) is 35.4 Å². The molecule has 0 bridgehead atoms. The first-order valence-corrected chi connectivity index (χ1v) is 7.54. The molecule has 2 aromatic rings. The molecule has 2 aromatic heterocycles. The number of halogens is 2. The molecule has 0 spiro atoms. The van der Waals surface area contributed by atoms with Gasteiger partial charge < -0.3 is 9.73 Å². The van der Waals surface area contributed by atoms with Crippen LogP contribution < -0.4 is 5.32 Å². The summed E-state index contributed by atoms with van der Waals surface area (Å²) in [6, 6.07) is 3.60. The van der Waals surface area contributed by atoms with E-state index in [1.54, 1.807) is 6.07 Å². The zero-order chi connectivity index (χ0) is 13.8. The van der Waals surface area contributed by atoms with Crippen LogP contribution in [-0.4, -0.2) is 16.3 Å². The molecule has 1 N–H and O–H groups in total. The van der Waals surface area contributed by atoms with Crippen molar-refractivity contribution in [2.24, 2.45) is 0 Å². The SMILES string of the molecule is CCCn1ncc(Br)c1C(NCC)c1ccc(Cl)o1. The minimum atomic E-state index is -0.0547. The second-order valence-electron chi connectivity index (χ2n) is 4.23. The van der Waals surface area contributed by atoms with E-state index >= 15 is 0 Å². The molecule has 0 saturated heterocycles. The summed E-state index contributed by atoms with van der Waals surface area (Å²) in [5, 5.41) is 8.21. The van der Waals surface area contributed by atoms with E-state index in [1.165, 1.54) is 0 Å². The van der Waals surface area contributed by atoms with E-state index in [-0.39, 0.29) is 6.04 Å². The lowest BCUT2D eigenvalue weighted by molar-refractivity contribution is 0.429. The fraction of sp³-hybridized carbons (Fsp3) is 0.462. The Hall–Kier alpha value is -0.780. The Balaban J connectivity index is 2.41. The predicted molar refractivity (Wildman–Crippen MR) is 79.5 cm³/mol. The molecule has 0 saturated carbocycles. The van der Waals surface area contributed by atoms with E-state index in [4.69, 9.17) is 16.0 Å². The summed E-state index contributed by atoms with van der Waals surface area (Å²) in [4.78, 5) is 0. The maximum Gasteiger partial charge on any atom is 0.193 e. The van der Waals surface area contributed by atoms with Crippen LogP contribution in [0.25, 0.3) is 0 Å². The van der Waals surface area contributed by atoms with Gasteiger partial charge in [-0.05, 0) is 52.6 Å². The van der Waals surface area contributed by atoms with Gasteiger partial charge in [0.25, 0.3) is 0 Å². The lowest BCUT2D eigenvalue weighted by atomic mass is 10.1. The predicted octanol–water partition coefficient (Wildman–Crippen LogP) is 4.00. The average molecular weight is 347 g/mol. The lowest BCUT2D eigenvalue weighted by Gasteiger charge is -2.18. The minimum Gasteiger partial charge on any atom is -0.448 e. The normalized spacial score (nSPS) is 12.8. The average Bonchev–Trinajstić information content (AvgIpc) is 2.95. The first kappa shape index (κ1) is 14.6. The molecule has 2 rings (SSSR count). The highest BCUT2D eigenvalue weighted by molar-refractivity contribution is 9.10. The lowest BCUT2D eigenvalue weighted by Crippen LogP contribution is -2.25. The summed E-state index contributed by atoms with van der Waals surface area (Å²) in [5.41, 5.74) is 1.06. The summed E-state index contributed by atoms with van der Waals surface area (Å²) in [5.74, 6) is 0.797. The van der Waals surface area contributed by atoms with Crippen LogP contribution >= 0.6 is 27.5 Å². The van der Waals surface area contributed by atoms with Crippen molar-refractivity contribution in [3.63, 3.8) is 0 Å². The minimum absolute atomic E-state index is 0.0547. The Morgan fingerprint density at radius 2 is 2.26 bits per heavy atom. The molecule has 1 unspecified atom stereocenters. The molecule has 0 radical (unpaired) electrons. The van der Waals surface area contributed by atoms with Crippen LogP contribution in [0.1, 0.15) is 37.8 Å². The molecular weight excluding hydrogens is 330 g/mol.